The summed E-state index contributed by atoms with van der Waals surface area (Å²) in [6.07, 6.45) is 0. The van der Waals surface area contributed by atoms with Gasteiger partial charge in [0.15, 0.2) is 0 Å². The van der Waals surface area contributed by atoms with Crippen LogP contribution in [0, 0.1) is 0 Å². The van der Waals surface area contributed by atoms with Gasteiger partial charge >= 0.3 is 6.03 Å². The molecule has 0 spiro atoms. The first kappa shape index (κ1) is 9.28. The largest absolute Gasteiger partial charge is 0.351 e. The minimum Gasteiger partial charge on any atom is -0.351 e. The number of piperazine rings is 1. The third-order valence-corrected chi connectivity index (χ3v) is 2.13. The van der Waals surface area contributed by atoms with Crippen molar-refractivity contribution in [1.82, 2.24) is 9.80 Å². The lowest BCUT2D eigenvalue weighted by molar-refractivity contribution is 0.147. The summed E-state index contributed by atoms with van der Waals surface area (Å²) < 4.78 is 0. The molecule has 2 amide bonds. The number of carbonyl (C=O) groups is 1. The van der Waals surface area contributed by atoms with Crippen LogP contribution in [-0.4, -0.2) is 55.1 Å². The van der Waals surface area contributed by atoms with Gasteiger partial charge in [-0.1, -0.05) is 0 Å². The molecule has 0 radical (unpaired) electrons. The van der Waals surface area contributed by atoms with Crippen molar-refractivity contribution in [3.63, 3.8) is 0 Å². The quantitative estimate of drug-likeness (QED) is 0.540. The molecule has 12 heavy (non-hydrogen) atoms. The minimum atomic E-state index is -0.317. The van der Waals surface area contributed by atoms with Gasteiger partial charge in [0.1, 0.15) is 0 Å². The highest BCUT2D eigenvalue weighted by Gasteiger charge is 2.17. The Bertz CT molecular complexity index is 153. The van der Waals surface area contributed by atoms with E-state index in [0.717, 1.165) is 32.7 Å². The van der Waals surface area contributed by atoms with Crippen molar-refractivity contribution in [3.8, 4) is 0 Å². The standard InChI is InChI=1S/C7H16N4O/c8-1-2-10-3-5-11(6-4-10)7(9)12/h1-6,8H2,(H2,9,12). The second kappa shape index (κ2) is 4.27. The van der Waals surface area contributed by atoms with Crippen LogP contribution in [0.3, 0.4) is 0 Å². The van der Waals surface area contributed by atoms with Crippen LogP contribution >= 0.6 is 0 Å². The summed E-state index contributed by atoms with van der Waals surface area (Å²) in [5.41, 5.74) is 10.5. The van der Waals surface area contributed by atoms with Crippen molar-refractivity contribution in [2.24, 2.45) is 11.5 Å². The van der Waals surface area contributed by atoms with Gasteiger partial charge in [0.25, 0.3) is 0 Å². The van der Waals surface area contributed by atoms with Crippen LogP contribution in [0.25, 0.3) is 0 Å². The Morgan fingerprint density at radius 3 is 2.25 bits per heavy atom. The molecule has 1 aliphatic heterocycles. The molecule has 5 heteroatoms. The van der Waals surface area contributed by atoms with Crippen LogP contribution in [0.5, 0.6) is 0 Å². The van der Waals surface area contributed by atoms with E-state index in [1.54, 1.807) is 4.90 Å². The molecule has 0 bridgehead atoms. The first-order valence-electron chi connectivity index (χ1n) is 4.21. The van der Waals surface area contributed by atoms with Gasteiger partial charge < -0.3 is 16.4 Å². The number of nitrogens with two attached hydrogens (primary N) is 2. The first-order chi connectivity index (χ1) is 5.74. The summed E-state index contributed by atoms with van der Waals surface area (Å²) in [5, 5.41) is 0. The second-order valence-corrected chi connectivity index (χ2v) is 2.96. The molecule has 1 fully saturated rings. The summed E-state index contributed by atoms with van der Waals surface area (Å²) in [4.78, 5) is 14.6. The van der Waals surface area contributed by atoms with Crippen molar-refractivity contribution in [3.05, 3.63) is 0 Å². The van der Waals surface area contributed by atoms with Gasteiger partial charge in [0.05, 0.1) is 0 Å². The van der Waals surface area contributed by atoms with Crippen LogP contribution in [0.1, 0.15) is 0 Å². The number of nitrogens with zero attached hydrogens (tertiary/aromatic N) is 2. The van der Waals surface area contributed by atoms with E-state index in [9.17, 15) is 4.79 Å². The number of urea groups is 1. The Labute approximate surface area is 72.3 Å². The van der Waals surface area contributed by atoms with Gasteiger partial charge in [-0.2, -0.15) is 0 Å². The van der Waals surface area contributed by atoms with Crippen molar-refractivity contribution in [2.45, 2.75) is 0 Å². The lowest BCUT2D eigenvalue weighted by Crippen LogP contribution is -2.51. The van der Waals surface area contributed by atoms with Gasteiger partial charge in [-0.15, -0.1) is 0 Å². The number of hydrogen-bond acceptors (Lipinski definition) is 3. The second-order valence-electron chi connectivity index (χ2n) is 2.96. The number of amides is 2. The van der Waals surface area contributed by atoms with Gasteiger partial charge in [-0.3, -0.25) is 4.90 Å². The van der Waals surface area contributed by atoms with Crippen LogP contribution in [-0.2, 0) is 0 Å². The fourth-order valence-electron chi connectivity index (χ4n) is 1.37. The van der Waals surface area contributed by atoms with E-state index in [-0.39, 0.29) is 6.03 Å². The molecule has 1 heterocycles. The Morgan fingerprint density at radius 2 is 1.83 bits per heavy atom. The van der Waals surface area contributed by atoms with Gasteiger partial charge in [-0.05, 0) is 0 Å². The van der Waals surface area contributed by atoms with E-state index in [0.29, 0.717) is 6.54 Å². The van der Waals surface area contributed by atoms with Crippen LogP contribution < -0.4 is 11.5 Å². The zero-order valence-electron chi connectivity index (χ0n) is 7.20. The summed E-state index contributed by atoms with van der Waals surface area (Å²) in [6, 6.07) is -0.317. The monoisotopic (exact) mass is 172 g/mol. The predicted molar refractivity (Wildman–Crippen MR) is 46.7 cm³/mol. The Kier molecular flexibility index (Phi) is 3.31. The normalized spacial score (nSPS) is 19.6. The van der Waals surface area contributed by atoms with Crippen LogP contribution in [0.15, 0.2) is 0 Å². The highest BCUT2D eigenvalue weighted by molar-refractivity contribution is 5.72. The zero-order valence-corrected chi connectivity index (χ0v) is 7.20. The smallest absolute Gasteiger partial charge is 0.314 e. The van der Waals surface area contributed by atoms with E-state index >= 15 is 0 Å². The maximum atomic E-state index is 10.7. The molecule has 0 atom stereocenters. The Balaban J connectivity index is 2.25. The van der Waals surface area contributed by atoms with E-state index in [1.165, 1.54) is 0 Å². The number of hydrogen-bond donors (Lipinski definition) is 2. The number of primary amides is 1. The first-order valence-corrected chi connectivity index (χ1v) is 4.21. The van der Waals surface area contributed by atoms with Gasteiger partial charge in [0.2, 0.25) is 0 Å². The highest BCUT2D eigenvalue weighted by Crippen LogP contribution is 1.99. The molecular formula is C7H16N4O. The maximum Gasteiger partial charge on any atom is 0.314 e. The third kappa shape index (κ3) is 2.35. The zero-order chi connectivity index (χ0) is 8.97. The van der Waals surface area contributed by atoms with E-state index in [1.807, 2.05) is 0 Å². The van der Waals surface area contributed by atoms with Crippen molar-refractivity contribution < 1.29 is 4.79 Å². The maximum absolute atomic E-state index is 10.7. The molecule has 4 N–H and O–H groups in total. The molecule has 1 aliphatic rings. The summed E-state index contributed by atoms with van der Waals surface area (Å²) >= 11 is 0. The fraction of sp³-hybridized carbons (Fsp3) is 0.857. The molecule has 0 aromatic heterocycles. The Morgan fingerprint density at radius 1 is 1.25 bits per heavy atom. The molecule has 0 aromatic carbocycles. The third-order valence-electron chi connectivity index (χ3n) is 2.13. The molecule has 0 aromatic rings. The van der Waals surface area contributed by atoms with Gasteiger partial charge in [-0.25, -0.2) is 4.79 Å². The Hall–Kier alpha value is -0.810. The highest BCUT2D eigenvalue weighted by atomic mass is 16.2. The van der Waals surface area contributed by atoms with Crippen LogP contribution in [0.4, 0.5) is 4.79 Å². The summed E-state index contributed by atoms with van der Waals surface area (Å²) in [7, 11) is 0. The van der Waals surface area contributed by atoms with E-state index in [2.05, 4.69) is 4.90 Å². The predicted octanol–water partition coefficient (Wildman–Crippen LogP) is -1.36. The van der Waals surface area contributed by atoms with E-state index < -0.39 is 0 Å². The molecule has 1 saturated heterocycles. The number of carbonyl (C=O) groups excluding carboxylic acids is 1. The molecule has 0 saturated carbocycles. The van der Waals surface area contributed by atoms with Gasteiger partial charge in [0, 0.05) is 39.3 Å². The molecular weight excluding hydrogens is 156 g/mol. The van der Waals surface area contributed by atoms with Crippen molar-refractivity contribution in [1.29, 1.82) is 0 Å². The summed E-state index contributed by atoms with van der Waals surface area (Å²) in [5.74, 6) is 0. The summed E-state index contributed by atoms with van der Waals surface area (Å²) in [6.45, 7) is 4.83. The van der Waals surface area contributed by atoms with Crippen molar-refractivity contribution >= 4 is 6.03 Å². The molecule has 0 unspecified atom stereocenters. The number of rotatable bonds is 2. The van der Waals surface area contributed by atoms with E-state index in [4.69, 9.17) is 11.5 Å². The molecule has 0 aliphatic carbocycles. The molecule has 70 valence electrons. The molecule has 1 rings (SSSR count). The average Bonchev–Trinajstić information content (AvgIpc) is 2.06. The topological polar surface area (TPSA) is 75.6 Å². The lowest BCUT2D eigenvalue weighted by atomic mass is 10.3. The van der Waals surface area contributed by atoms with Crippen molar-refractivity contribution in [2.75, 3.05) is 39.3 Å². The molecule has 5 nitrogen and oxygen atoms in total. The average molecular weight is 172 g/mol. The van der Waals surface area contributed by atoms with Crippen LogP contribution in [0.2, 0.25) is 0 Å². The fourth-order valence-corrected chi connectivity index (χ4v) is 1.37. The SMILES string of the molecule is NCCN1CCN(C(N)=O)CC1. The minimum absolute atomic E-state index is 0.317. The lowest BCUT2D eigenvalue weighted by Gasteiger charge is -2.33.